The van der Waals surface area contributed by atoms with Gasteiger partial charge in [-0.15, -0.1) is 0 Å². The molecule has 1 fully saturated rings. The predicted molar refractivity (Wildman–Crippen MR) is 152 cm³/mol. The molecule has 4 aromatic rings. The molecule has 8 rings (SSSR count). The molecule has 1 heterocycles. The number of hydrogen-bond acceptors (Lipinski definition) is 7. The molecule has 2 bridgehead atoms. The van der Waals surface area contributed by atoms with Gasteiger partial charge in [0.2, 0.25) is 11.8 Å². The number of nitrogens with one attached hydrogen (secondary N) is 1. The number of carbonyl (C=O) groups is 3. The SMILES string of the molecule is O=C(N/N=C\C12c3ccccc3C(c3ccccc31)[C@@H]1C(=O)N(c3ccc([N+](=O)[O-])cc3)C(=O)[C@@H]12)c1ccccc1O. The first-order chi connectivity index (χ1) is 20.3. The molecule has 0 radical (unpaired) electrons. The van der Waals surface area contributed by atoms with E-state index in [4.69, 9.17) is 0 Å². The van der Waals surface area contributed by atoms with Crippen molar-refractivity contribution in [1.82, 2.24) is 5.43 Å². The smallest absolute Gasteiger partial charge is 0.275 e. The maximum atomic E-state index is 14.3. The van der Waals surface area contributed by atoms with E-state index >= 15 is 0 Å². The van der Waals surface area contributed by atoms with Crippen molar-refractivity contribution in [3.63, 3.8) is 0 Å². The number of hydrazone groups is 1. The summed E-state index contributed by atoms with van der Waals surface area (Å²) in [6.45, 7) is 0. The summed E-state index contributed by atoms with van der Waals surface area (Å²) in [5, 5.41) is 25.7. The predicted octanol–water partition coefficient (Wildman–Crippen LogP) is 4.27. The van der Waals surface area contributed by atoms with Crippen LogP contribution in [0.15, 0.2) is 102 Å². The summed E-state index contributed by atoms with van der Waals surface area (Å²) < 4.78 is 0. The van der Waals surface area contributed by atoms with E-state index in [-0.39, 0.29) is 22.7 Å². The summed E-state index contributed by atoms with van der Waals surface area (Å²) in [5.74, 6) is -3.74. The van der Waals surface area contributed by atoms with Crippen molar-refractivity contribution in [3.8, 4) is 5.75 Å². The fraction of sp³-hybridized carbons (Fsp3) is 0.125. The first-order valence-corrected chi connectivity index (χ1v) is 13.3. The minimum absolute atomic E-state index is 0.0367. The third kappa shape index (κ3) is 3.38. The van der Waals surface area contributed by atoms with Crippen LogP contribution in [0.5, 0.6) is 5.75 Å². The van der Waals surface area contributed by atoms with Crippen LogP contribution in [0.4, 0.5) is 11.4 Å². The summed E-state index contributed by atoms with van der Waals surface area (Å²) in [6, 6.07) is 26.6. The van der Waals surface area contributed by atoms with Crippen LogP contribution in [0.3, 0.4) is 0 Å². The van der Waals surface area contributed by atoms with Gasteiger partial charge in [-0.05, 0) is 46.5 Å². The van der Waals surface area contributed by atoms with Crippen molar-refractivity contribution >= 4 is 35.3 Å². The van der Waals surface area contributed by atoms with Crippen molar-refractivity contribution in [2.45, 2.75) is 11.3 Å². The zero-order valence-corrected chi connectivity index (χ0v) is 21.9. The highest BCUT2D eigenvalue weighted by Crippen LogP contribution is 2.63. The number of benzene rings is 4. The van der Waals surface area contributed by atoms with Gasteiger partial charge in [-0.25, -0.2) is 10.3 Å². The molecule has 1 saturated heterocycles. The number of nitrogens with zero attached hydrogens (tertiary/aromatic N) is 3. The summed E-state index contributed by atoms with van der Waals surface area (Å²) in [5.41, 5.74) is 4.81. The fourth-order valence-electron chi connectivity index (χ4n) is 6.95. The third-order valence-corrected chi connectivity index (χ3v) is 8.59. The number of non-ortho nitro benzene ring substituents is 1. The standard InChI is InChI=1S/C32H22N4O6/c37-25-12-6-3-9-22(25)29(38)34-33-17-32-23-10-4-1-7-20(23)26(21-8-2-5-11-24(21)32)27-28(32)31(40)35(30(27)39)18-13-15-19(16-14-18)36(41)42/h1-17,26-28,37H,(H,34,38)/b33-17-/t26?,27-,28+,32?/m0/s1. The summed E-state index contributed by atoms with van der Waals surface area (Å²) in [7, 11) is 0. The lowest BCUT2D eigenvalue weighted by atomic mass is 9.47. The van der Waals surface area contributed by atoms with Crippen molar-refractivity contribution < 1.29 is 24.4 Å². The molecule has 2 N–H and O–H groups in total. The van der Waals surface area contributed by atoms with Crippen molar-refractivity contribution in [2.24, 2.45) is 16.9 Å². The number of carbonyl (C=O) groups excluding carboxylic acids is 3. The second kappa shape index (κ2) is 9.20. The minimum atomic E-state index is -1.21. The van der Waals surface area contributed by atoms with Gasteiger partial charge in [0.25, 0.3) is 11.6 Å². The largest absolute Gasteiger partial charge is 0.507 e. The van der Waals surface area contributed by atoms with Crippen molar-refractivity contribution in [3.05, 3.63) is 135 Å². The first kappa shape index (κ1) is 25.3. The number of imide groups is 1. The number of amides is 3. The Labute approximate surface area is 239 Å². The molecular weight excluding hydrogens is 536 g/mol. The molecule has 2 atom stereocenters. The zero-order chi connectivity index (χ0) is 29.2. The zero-order valence-electron chi connectivity index (χ0n) is 21.9. The topological polar surface area (TPSA) is 142 Å². The highest BCUT2D eigenvalue weighted by Gasteiger charge is 2.68. The third-order valence-electron chi connectivity index (χ3n) is 8.59. The Morgan fingerprint density at radius 3 is 2.10 bits per heavy atom. The Hall–Kier alpha value is -5.64. The number of nitro benzene ring substituents is 1. The van der Waals surface area contributed by atoms with E-state index in [1.54, 1.807) is 12.1 Å². The van der Waals surface area contributed by atoms with E-state index in [9.17, 15) is 29.6 Å². The molecule has 0 spiro atoms. The van der Waals surface area contributed by atoms with Gasteiger partial charge in [-0.1, -0.05) is 60.7 Å². The minimum Gasteiger partial charge on any atom is -0.507 e. The van der Waals surface area contributed by atoms with Crippen molar-refractivity contribution in [1.29, 1.82) is 0 Å². The molecule has 3 aliphatic carbocycles. The van der Waals surface area contributed by atoms with Crippen LogP contribution in [0.1, 0.15) is 38.5 Å². The van der Waals surface area contributed by atoms with Crippen LogP contribution in [0, 0.1) is 22.0 Å². The molecule has 0 saturated carbocycles. The van der Waals surface area contributed by atoms with Gasteiger partial charge in [0.1, 0.15) is 5.75 Å². The molecule has 10 nitrogen and oxygen atoms in total. The lowest BCUT2D eigenvalue weighted by Gasteiger charge is -2.52. The molecule has 42 heavy (non-hydrogen) atoms. The molecular formula is C32H22N4O6. The molecule has 206 valence electrons. The molecule has 4 aromatic carbocycles. The highest BCUT2D eigenvalue weighted by atomic mass is 16.6. The second-order valence-corrected chi connectivity index (χ2v) is 10.5. The maximum absolute atomic E-state index is 14.3. The monoisotopic (exact) mass is 558 g/mol. The van der Waals surface area contributed by atoms with Crippen LogP contribution >= 0.6 is 0 Å². The van der Waals surface area contributed by atoms with Crippen LogP contribution < -0.4 is 10.3 Å². The number of phenols is 1. The second-order valence-electron chi connectivity index (χ2n) is 10.5. The highest BCUT2D eigenvalue weighted by molar-refractivity contribution is 6.25. The Kier molecular flexibility index (Phi) is 5.55. The number of phenolic OH excluding ortho intramolecular Hbond substituents is 1. The summed E-state index contributed by atoms with van der Waals surface area (Å²) in [4.78, 5) is 53.2. The lowest BCUT2D eigenvalue weighted by Crippen LogP contribution is -2.54. The normalized spacial score (nSPS) is 23.4. The number of para-hydroxylation sites is 1. The maximum Gasteiger partial charge on any atom is 0.275 e. The Morgan fingerprint density at radius 1 is 0.881 bits per heavy atom. The average Bonchev–Trinajstić information content (AvgIpc) is 3.28. The van der Waals surface area contributed by atoms with Gasteiger partial charge >= 0.3 is 0 Å². The Balaban J connectivity index is 1.39. The van der Waals surface area contributed by atoms with Gasteiger partial charge in [0, 0.05) is 24.3 Å². The van der Waals surface area contributed by atoms with Gasteiger partial charge in [-0.2, -0.15) is 5.10 Å². The number of hydrogen-bond donors (Lipinski definition) is 2. The Bertz CT molecular complexity index is 1800. The number of anilines is 1. The average molecular weight is 559 g/mol. The molecule has 10 heteroatoms. The van der Waals surface area contributed by atoms with E-state index in [0.717, 1.165) is 27.2 Å². The van der Waals surface area contributed by atoms with Crippen LogP contribution in [0.25, 0.3) is 0 Å². The van der Waals surface area contributed by atoms with E-state index in [2.05, 4.69) is 10.5 Å². The van der Waals surface area contributed by atoms with E-state index in [1.165, 1.54) is 42.6 Å². The van der Waals surface area contributed by atoms with Gasteiger partial charge in [0.15, 0.2) is 0 Å². The van der Waals surface area contributed by atoms with Crippen molar-refractivity contribution in [2.75, 3.05) is 4.90 Å². The molecule has 1 aliphatic heterocycles. The van der Waals surface area contributed by atoms with Crippen LogP contribution in [-0.2, 0) is 15.0 Å². The van der Waals surface area contributed by atoms with E-state index in [0.29, 0.717) is 0 Å². The Morgan fingerprint density at radius 2 is 1.48 bits per heavy atom. The quantitative estimate of drug-likeness (QED) is 0.162. The summed E-state index contributed by atoms with van der Waals surface area (Å²) >= 11 is 0. The van der Waals surface area contributed by atoms with Gasteiger partial charge in [0.05, 0.1) is 33.4 Å². The molecule has 0 aromatic heterocycles. The molecule has 3 amide bonds. The molecule has 0 unspecified atom stereocenters. The first-order valence-electron chi connectivity index (χ1n) is 13.3. The number of nitro groups is 1. The lowest BCUT2D eigenvalue weighted by molar-refractivity contribution is -0.384. The van der Waals surface area contributed by atoms with Crippen LogP contribution in [-0.4, -0.2) is 34.0 Å². The van der Waals surface area contributed by atoms with Gasteiger partial charge in [-0.3, -0.25) is 24.5 Å². The van der Waals surface area contributed by atoms with E-state index < -0.39 is 45.8 Å². The van der Waals surface area contributed by atoms with Gasteiger partial charge < -0.3 is 5.11 Å². The molecule has 4 aliphatic rings. The summed E-state index contributed by atoms with van der Waals surface area (Å²) in [6.07, 6.45) is 1.53. The number of aromatic hydroxyl groups is 1. The number of rotatable bonds is 5. The van der Waals surface area contributed by atoms with E-state index in [1.807, 2.05) is 48.5 Å². The fourth-order valence-corrected chi connectivity index (χ4v) is 6.95. The van der Waals surface area contributed by atoms with Crippen LogP contribution in [0.2, 0.25) is 0 Å².